The van der Waals surface area contributed by atoms with Crippen LogP contribution in [0.15, 0.2) is 48.6 Å². The van der Waals surface area contributed by atoms with Gasteiger partial charge in [-0.1, -0.05) is 37.5 Å². The highest BCUT2D eigenvalue weighted by Crippen LogP contribution is 2.18. The second kappa shape index (κ2) is 4.04. The minimum absolute atomic E-state index is 0.797. The first kappa shape index (κ1) is 8.97. The Labute approximate surface area is 73.3 Å². The quantitative estimate of drug-likeness (QED) is 0.622. The lowest BCUT2D eigenvalue weighted by molar-refractivity contribution is 0.372. The van der Waals surface area contributed by atoms with Crippen molar-refractivity contribution < 1.29 is 0 Å². The van der Waals surface area contributed by atoms with Crippen molar-refractivity contribution in [2.45, 2.75) is 0 Å². The number of rotatable bonds is 2. The molecule has 0 atom stereocenters. The van der Waals surface area contributed by atoms with Gasteiger partial charge in [0.05, 0.1) is 0 Å². The molecule has 1 heterocycles. The molecule has 12 heavy (non-hydrogen) atoms. The van der Waals surface area contributed by atoms with Gasteiger partial charge < -0.3 is 0 Å². The molecule has 2 nitrogen and oxygen atoms in total. The lowest BCUT2D eigenvalue weighted by Gasteiger charge is -2.01. The van der Waals surface area contributed by atoms with Crippen LogP contribution in [0.2, 0.25) is 0 Å². The van der Waals surface area contributed by atoms with E-state index in [1.165, 1.54) is 11.1 Å². The summed E-state index contributed by atoms with van der Waals surface area (Å²) in [5, 5.41) is 1.77. The molecule has 0 spiro atoms. The third-order valence-corrected chi connectivity index (χ3v) is 1.80. The first-order valence-corrected chi connectivity index (χ1v) is 3.91. The summed E-state index contributed by atoms with van der Waals surface area (Å²) in [6, 6.07) is 0. The fourth-order valence-corrected chi connectivity index (χ4v) is 1.30. The summed E-state index contributed by atoms with van der Waals surface area (Å²) < 4.78 is 0. The third kappa shape index (κ3) is 1.94. The van der Waals surface area contributed by atoms with Crippen molar-refractivity contribution in [2.75, 3.05) is 13.1 Å². The van der Waals surface area contributed by atoms with E-state index in [0.29, 0.717) is 0 Å². The molecule has 1 saturated heterocycles. The van der Waals surface area contributed by atoms with Crippen LogP contribution in [0.25, 0.3) is 0 Å². The van der Waals surface area contributed by atoms with Gasteiger partial charge in [-0.2, -0.15) is 0 Å². The van der Waals surface area contributed by atoms with Gasteiger partial charge in [0.15, 0.2) is 0 Å². The van der Waals surface area contributed by atoms with Gasteiger partial charge in [-0.25, -0.2) is 5.01 Å². The molecule has 1 aliphatic heterocycles. The van der Waals surface area contributed by atoms with E-state index < -0.39 is 0 Å². The predicted octanol–water partition coefficient (Wildman–Crippen LogP) is 1.40. The van der Waals surface area contributed by atoms with Gasteiger partial charge in [0.2, 0.25) is 0 Å². The number of nitrogens with zero attached hydrogens (tertiary/aromatic N) is 1. The van der Waals surface area contributed by atoms with Crippen LogP contribution in [0.3, 0.4) is 0 Å². The Bertz CT molecular complexity index is 223. The van der Waals surface area contributed by atoms with Crippen molar-refractivity contribution in [3.63, 3.8) is 0 Å². The number of hydrogen-bond acceptors (Lipinski definition) is 2. The highest BCUT2D eigenvalue weighted by molar-refractivity contribution is 5.40. The summed E-state index contributed by atoms with van der Waals surface area (Å²) in [4.78, 5) is 0. The van der Waals surface area contributed by atoms with Gasteiger partial charge in [0, 0.05) is 13.1 Å². The highest BCUT2D eigenvalue weighted by Gasteiger charge is 2.16. The second-order valence-electron chi connectivity index (χ2n) is 2.76. The number of hydrogen-bond donors (Lipinski definition) is 1. The van der Waals surface area contributed by atoms with Crippen LogP contribution in [0.4, 0.5) is 0 Å². The Balaban J connectivity index is 2.86. The van der Waals surface area contributed by atoms with Crippen molar-refractivity contribution in [3.8, 4) is 0 Å². The maximum Gasteiger partial charge on any atom is 0.0386 e. The van der Waals surface area contributed by atoms with E-state index >= 15 is 0 Å². The maximum absolute atomic E-state index is 5.66. The number of allylic oxidation sites excluding steroid dienone is 4. The minimum atomic E-state index is 0.797. The van der Waals surface area contributed by atoms with E-state index in [9.17, 15) is 0 Å². The summed E-state index contributed by atoms with van der Waals surface area (Å²) in [6.07, 6.45) is 7.54. The molecule has 1 aliphatic rings. The molecule has 2 N–H and O–H groups in total. The third-order valence-electron chi connectivity index (χ3n) is 1.80. The molecule has 1 rings (SSSR count). The topological polar surface area (TPSA) is 29.3 Å². The molecular formula is C10H14N2. The predicted molar refractivity (Wildman–Crippen MR) is 52.3 cm³/mol. The van der Waals surface area contributed by atoms with Gasteiger partial charge in [0.25, 0.3) is 0 Å². The van der Waals surface area contributed by atoms with Crippen molar-refractivity contribution in [2.24, 2.45) is 5.84 Å². The van der Waals surface area contributed by atoms with E-state index in [0.717, 1.165) is 13.1 Å². The van der Waals surface area contributed by atoms with Crippen LogP contribution in [0.5, 0.6) is 0 Å². The highest BCUT2D eigenvalue weighted by atomic mass is 15.4. The lowest BCUT2D eigenvalue weighted by atomic mass is 10.1. The molecule has 1 fully saturated rings. The minimum Gasteiger partial charge on any atom is -0.268 e. The van der Waals surface area contributed by atoms with Gasteiger partial charge in [-0.05, 0) is 11.1 Å². The molecule has 0 bridgehead atoms. The lowest BCUT2D eigenvalue weighted by Crippen LogP contribution is -2.26. The van der Waals surface area contributed by atoms with Crippen LogP contribution in [0, 0.1) is 0 Å². The summed E-state index contributed by atoms with van der Waals surface area (Å²) >= 11 is 0. The molecule has 0 aromatic carbocycles. The van der Waals surface area contributed by atoms with E-state index in [1.807, 2.05) is 12.2 Å². The SMILES string of the molecule is C=C/C=C1/CN(N)C/C1=C/C=C. The molecule has 0 amide bonds. The molecular weight excluding hydrogens is 148 g/mol. The zero-order valence-electron chi connectivity index (χ0n) is 7.16. The summed E-state index contributed by atoms with van der Waals surface area (Å²) in [6.45, 7) is 8.90. The summed E-state index contributed by atoms with van der Waals surface area (Å²) in [7, 11) is 0. The van der Waals surface area contributed by atoms with Crippen LogP contribution in [-0.2, 0) is 0 Å². The fourth-order valence-electron chi connectivity index (χ4n) is 1.30. The Morgan fingerprint density at radius 2 is 1.50 bits per heavy atom. The zero-order chi connectivity index (χ0) is 8.97. The molecule has 0 aromatic heterocycles. The number of hydrazine groups is 1. The smallest absolute Gasteiger partial charge is 0.0386 e. The molecule has 0 radical (unpaired) electrons. The van der Waals surface area contributed by atoms with Crippen LogP contribution >= 0.6 is 0 Å². The summed E-state index contributed by atoms with van der Waals surface area (Å²) in [5.74, 6) is 5.66. The first-order chi connectivity index (χ1) is 5.77. The molecule has 2 heteroatoms. The Morgan fingerprint density at radius 3 is 1.83 bits per heavy atom. The van der Waals surface area contributed by atoms with Crippen LogP contribution < -0.4 is 5.84 Å². The Morgan fingerprint density at radius 1 is 1.08 bits per heavy atom. The average molecular weight is 162 g/mol. The van der Waals surface area contributed by atoms with E-state index in [2.05, 4.69) is 13.2 Å². The Kier molecular flexibility index (Phi) is 3.02. The van der Waals surface area contributed by atoms with Crippen molar-refractivity contribution in [3.05, 3.63) is 48.6 Å². The fraction of sp³-hybridized carbons (Fsp3) is 0.200. The molecule has 0 aliphatic carbocycles. The largest absolute Gasteiger partial charge is 0.268 e. The van der Waals surface area contributed by atoms with Crippen molar-refractivity contribution in [1.82, 2.24) is 5.01 Å². The normalized spacial score (nSPS) is 25.1. The zero-order valence-corrected chi connectivity index (χ0v) is 7.16. The van der Waals surface area contributed by atoms with Gasteiger partial charge in [-0.3, -0.25) is 5.84 Å². The number of nitrogens with two attached hydrogens (primary N) is 1. The summed E-state index contributed by atoms with van der Waals surface area (Å²) in [5.41, 5.74) is 2.46. The molecule has 0 aromatic rings. The van der Waals surface area contributed by atoms with Crippen LogP contribution in [0.1, 0.15) is 0 Å². The maximum atomic E-state index is 5.66. The average Bonchev–Trinajstić information content (AvgIpc) is 2.33. The molecule has 64 valence electrons. The van der Waals surface area contributed by atoms with E-state index in [1.54, 1.807) is 17.2 Å². The van der Waals surface area contributed by atoms with Gasteiger partial charge >= 0.3 is 0 Å². The van der Waals surface area contributed by atoms with E-state index in [-0.39, 0.29) is 0 Å². The van der Waals surface area contributed by atoms with Gasteiger partial charge in [-0.15, -0.1) is 0 Å². The molecule has 0 saturated carbocycles. The van der Waals surface area contributed by atoms with Crippen molar-refractivity contribution >= 4 is 0 Å². The standard InChI is InChI=1S/C10H14N2/c1-3-5-9-7-12(11)8-10(9)6-4-2/h3-6H,1-2,7-8,11H2/b9-5-,10-6-. The monoisotopic (exact) mass is 162 g/mol. The Hall–Kier alpha value is -1.12. The van der Waals surface area contributed by atoms with Crippen LogP contribution in [-0.4, -0.2) is 18.1 Å². The molecule has 0 unspecified atom stereocenters. The second-order valence-corrected chi connectivity index (χ2v) is 2.76. The van der Waals surface area contributed by atoms with Crippen molar-refractivity contribution in [1.29, 1.82) is 0 Å². The first-order valence-electron chi connectivity index (χ1n) is 3.91. The van der Waals surface area contributed by atoms with E-state index in [4.69, 9.17) is 5.84 Å². The van der Waals surface area contributed by atoms with Gasteiger partial charge in [0.1, 0.15) is 0 Å².